The fraction of sp³-hybridized carbons (Fsp3) is 0.250. The maximum Gasteiger partial charge on any atom is 0.229 e. The smallest absolute Gasteiger partial charge is 0.229 e. The monoisotopic (exact) mass is 461 g/mol. The van der Waals surface area contributed by atoms with Gasteiger partial charge in [-0.25, -0.2) is 9.67 Å². The van der Waals surface area contributed by atoms with E-state index in [2.05, 4.69) is 49.7 Å². The second-order valence-electron chi connectivity index (χ2n) is 8.19. The molecule has 33 heavy (non-hydrogen) atoms. The highest BCUT2D eigenvalue weighted by Crippen LogP contribution is 2.25. The zero-order valence-corrected chi connectivity index (χ0v) is 19.2. The summed E-state index contributed by atoms with van der Waals surface area (Å²) in [6.07, 6.45) is 1.53. The van der Waals surface area contributed by atoms with Crippen LogP contribution in [0.4, 0.5) is 17.3 Å². The van der Waals surface area contributed by atoms with Crippen LogP contribution >= 0.6 is 11.6 Å². The molecular weight excluding hydrogens is 438 g/mol. The Morgan fingerprint density at radius 2 is 1.94 bits per heavy atom. The summed E-state index contributed by atoms with van der Waals surface area (Å²) in [5, 5.41) is 12.0. The van der Waals surface area contributed by atoms with Crippen molar-refractivity contribution in [2.45, 2.75) is 13.0 Å². The molecule has 1 aliphatic heterocycles. The summed E-state index contributed by atoms with van der Waals surface area (Å²) in [6, 6.07) is 15.8. The summed E-state index contributed by atoms with van der Waals surface area (Å²) in [4.78, 5) is 24.3. The molecule has 3 heterocycles. The first-order chi connectivity index (χ1) is 16.0. The lowest BCUT2D eigenvalue weighted by molar-refractivity contribution is 0.485. The van der Waals surface area contributed by atoms with Crippen LogP contribution in [-0.2, 0) is 7.05 Å². The lowest BCUT2D eigenvalue weighted by Gasteiger charge is -2.33. The molecule has 1 saturated heterocycles. The third-order valence-electron chi connectivity index (χ3n) is 5.77. The summed E-state index contributed by atoms with van der Waals surface area (Å²) in [6.45, 7) is 5.15. The standard InChI is InChI=1S/C24H24ClN7O/c1-15-14-32(12-11-26-15)17-9-7-16(8-10-17)28-24-27-13-19-22(33)21(30-31(2)23(19)29-24)18-5-3-4-6-20(18)25/h3-10,13,15,26H,11-12,14H2,1-2H3,(H,27,28,29). The van der Waals surface area contributed by atoms with Gasteiger partial charge in [-0.1, -0.05) is 29.8 Å². The Morgan fingerprint density at radius 3 is 2.70 bits per heavy atom. The van der Waals surface area contributed by atoms with E-state index >= 15 is 0 Å². The number of benzene rings is 2. The van der Waals surface area contributed by atoms with Crippen molar-refractivity contribution in [3.8, 4) is 11.3 Å². The van der Waals surface area contributed by atoms with E-state index in [-0.39, 0.29) is 11.1 Å². The first-order valence-corrected chi connectivity index (χ1v) is 11.2. The van der Waals surface area contributed by atoms with Crippen LogP contribution in [0, 0.1) is 0 Å². The quantitative estimate of drug-likeness (QED) is 0.480. The molecule has 0 amide bonds. The molecule has 168 valence electrons. The first-order valence-electron chi connectivity index (χ1n) is 10.8. The van der Waals surface area contributed by atoms with Gasteiger partial charge in [0.05, 0.1) is 10.4 Å². The highest BCUT2D eigenvalue weighted by atomic mass is 35.5. The van der Waals surface area contributed by atoms with Crippen molar-refractivity contribution < 1.29 is 0 Å². The number of hydrogen-bond acceptors (Lipinski definition) is 7. The maximum absolute atomic E-state index is 13.1. The van der Waals surface area contributed by atoms with E-state index in [0.717, 1.165) is 25.3 Å². The molecule has 5 rings (SSSR count). The fourth-order valence-electron chi connectivity index (χ4n) is 4.09. The topological polar surface area (TPSA) is 88.0 Å². The second-order valence-corrected chi connectivity index (χ2v) is 8.59. The van der Waals surface area contributed by atoms with Crippen LogP contribution in [0.5, 0.6) is 0 Å². The van der Waals surface area contributed by atoms with Crippen LogP contribution < -0.4 is 21.0 Å². The Kier molecular flexibility index (Phi) is 5.70. The van der Waals surface area contributed by atoms with Crippen LogP contribution in [0.1, 0.15) is 6.92 Å². The first kappa shape index (κ1) is 21.4. The Balaban J connectivity index is 1.42. The molecular formula is C24H24ClN7O. The Hall–Kier alpha value is -3.49. The number of halogens is 1. The van der Waals surface area contributed by atoms with E-state index in [4.69, 9.17) is 11.6 Å². The predicted molar refractivity (Wildman–Crippen MR) is 132 cm³/mol. The zero-order valence-electron chi connectivity index (χ0n) is 18.4. The second kappa shape index (κ2) is 8.80. The Morgan fingerprint density at radius 1 is 1.15 bits per heavy atom. The molecule has 2 aromatic carbocycles. The van der Waals surface area contributed by atoms with Crippen molar-refractivity contribution in [3.05, 3.63) is 70.0 Å². The molecule has 1 unspecified atom stereocenters. The van der Waals surface area contributed by atoms with E-state index in [1.165, 1.54) is 11.9 Å². The molecule has 0 aliphatic carbocycles. The van der Waals surface area contributed by atoms with Crippen LogP contribution in [0.3, 0.4) is 0 Å². The number of aryl methyl sites for hydroxylation is 1. The molecule has 0 spiro atoms. The third kappa shape index (κ3) is 4.27. The number of fused-ring (bicyclic) bond motifs is 1. The number of piperazine rings is 1. The molecule has 8 nitrogen and oxygen atoms in total. The van der Waals surface area contributed by atoms with E-state index in [1.807, 2.05) is 24.3 Å². The van der Waals surface area contributed by atoms with Crippen LogP contribution in [0.2, 0.25) is 5.02 Å². The van der Waals surface area contributed by atoms with Gasteiger partial charge < -0.3 is 15.5 Å². The number of anilines is 3. The minimum atomic E-state index is -0.252. The van der Waals surface area contributed by atoms with Gasteiger partial charge in [-0.2, -0.15) is 10.1 Å². The van der Waals surface area contributed by atoms with Crippen molar-refractivity contribution >= 4 is 40.0 Å². The van der Waals surface area contributed by atoms with E-state index in [1.54, 1.807) is 23.9 Å². The average Bonchev–Trinajstić information content (AvgIpc) is 2.82. The van der Waals surface area contributed by atoms with E-state index in [0.29, 0.717) is 33.6 Å². The summed E-state index contributed by atoms with van der Waals surface area (Å²) in [5.74, 6) is 0.397. The molecule has 0 saturated carbocycles. The molecule has 4 aromatic rings. The lowest BCUT2D eigenvalue weighted by atomic mass is 10.1. The van der Waals surface area contributed by atoms with Crippen LogP contribution in [-0.4, -0.2) is 45.4 Å². The normalized spacial score (nSPS) is 16.2. The van der Waals surface area contributed by atoms with E-state index in [9.17, 15) is 4.79 Å². The zero-order chi connectivity index (χ0) is 22.9. The van der Waals surface area contributed by atoms with Crippen LogP contribution in [0.25, 0.3) is 22.3 Å². The van der Waals surface area contributed by atoms with Gasteiger partial charge in [0, 0.05) is 55.9 Å². The van der Waals surface area contributed by atoms with Crippen molar-refractivity contribution in [1.82, 2.24) is 25.1 Å². The van der Waals surface area contributed by atoms with Crippen molar-refractivity contribution in [1.29, 1.82) is 0 Å². The van der Waals surface area contributed by atoms with Gasteiger partial charge in [0.2, 0.25) is 11.4 Å². The molecule has 1 atom stereocenters. The minimum absolute atomic E-state index is 0.252. The molecule has 1 fully saturated rings. The van der Waals surface area contributed by atoms with Gasteiger partial charge in [-0.05, 0) is 37.3 Å². The number of aromatic nitrogens is 4. The average molecular weight is 462 g/mol. The van der Waals surface area contributed by atoms with Gasteiger partial charge in [0.1, 0.15) is 5.69 Å². The Labute approximate surface area is 196 Å². The van der Waals surface area contributed by atoms with Gasteiger partial charge in [0.15, 0.2) is 5.65 Å². The van der Waals surface area contributed by atoms with Crippen LogP contribution in [0.15, 0.2) is 59.5 Å². The molecule has 1 aliphatic rings. The Bertz CT molecular complexity index is 1370. The lowest BCUT2D eigenvalue weighted by Crippen LogP contribution is -2.49. The number of hydrogen-bond donors (Lipinski definition) is 2. The number of rotatable bonds is 4. The van der Waals surface area contributed by atoms with Crippen molar-refractivity contribution in [3.63, 3.8) is 0 Å². The maximum atomic E-state index is 13.1. The largest absolute Gasteiger partial charge is 0.369 e. The molecule has 0 bridgehead atoms. The molecule has 2 aromatic heterocycles. The van der Waals surface area contributed by atoms with Gasteiger partial charge in [-0.3, -0.25) is 4.79 Å². The molecule has 2 N–H and O–H groups in total. The number of nitrogens with one attached hydrogen (secondary N) is 2. The summed E-state index contributed by atoms with van der Waals surface area (Å²) >= 11 is 6.28. The predicted octanol–water partition coefficient (Wildman–Crippen LogP) is 3.59. The summed E-state index contributed by atoms with van der Waals surface area (Å²) < 4.78 is 1.58. The highest BCUT2D eigenvalue weighted by molar-refractivity contribution is 6.33. The summed E-state index contributed by atoms with van der Waals surface area (Å²) in [5.41, 5.74) is 3.11. The van der Waals surface area contributed by atoms with E-state index < -0.39 is 0 Å². The number of nitrogens with zero attached hydrogens (tertiary/aromatic N) is 5. The molecule has 0 radical (unpaired) electrons. The molecule has 9 heteroatoms. The third-order valence-corrected chi connectivity index (χ3v) is 6.10. The SMILES string of the molecule is CC1CN(c2ccc(Nc3ncc4c(=O)c(-c5ccccc5Cl)nn(C)c4n3)cc2)CCN1. The summed E-state index contributed by atoms with van der Waals surface area (Å²) in [7, 11) is 1.75. The van der Waals surface area contributed by atoms with Gasteiger partial charge in [-0.15, -0.1) is 0 Å². The van der Waals surface area contributed by atoms with Crippen molar-refractivity contribution in [2.24, 2.45) is 7.05 Å². The van der Waals surface area contributed by atoms with Gasteiger partial charge >= 0.3 is 0 Å². The van der Waals surface area contributed by atoms with Gasteiger partial charge in [0.25, 0.3) is 0 Å². The fourth-order valence-corrected chi connectivity index (χ4v) is 4.32. The highest BCUT2D eigenvalue weighted by Gasteiger charge is 2.17. The van der Waals surface area contributed by atoms with Crippen molar-refractivity contribution in [2.75, 3.05) is 29.9 Å². The minimum Gasteiger partial charge on any atom is -0.369 e.